The minimum absolute atomic E-state index is 0.164. The highest BCUT2D eigenvalue weighted by atomic mass is 16.5. The predicted octanol–water partition coefficient (Wildman–Crippen LogP) is 5.14. The van der Waals surface area contributed by atoms with Crippen LogP contribution in [-0.2, 0) is 4.74 Å². The highest BCUT2D eigenvalue weighted by Gasteiger charge is 2.27. The fourth-order valence-electron chi connectivity index (χ4n) is 3.69. The van der Waals surface area contributed by atoms with Crippen LogP contribution < -0.4 is 5.32 Å². The van der Waals surface area contributed by atoms with Gasteiger partial charge in [0.15, 0.2) is 0 Å². The van der Waals surface area contributed by atoms with Gasteiger partial charge in [0.25, 0.3) is 0 Å². The van der Waals surface area contributed by atoms with Crippen LogP contribution in [0.4, 0.5) is 10.5 Å². The fraction of sp³-hybridized carbons (Fsp3) is 0.130. The Hall–Kier alpha value is -3.60. The molecule has 3 aromatic carbocycles. The third-order valence-electron chi connectivity index (χ3n) is 4.98. The summed E-state index contributed by atoms with van der Waals surface area (Å²) in [6, 6.07) is 22.6. The molecule has 0 aliphatic heterocycles. The van der Waals surface area contributed by atoms with Crippen molar-refractivity contribution in [3.63, 3.8) is 0 Å². The van der Waals surface area contributed by atoms with Gasteiger partial charge in [-0.2, -0.15) is 0 Å². The molecule has 0 unspecified atom stereocenters. The zero-order chi connectivity index (χ0) is 19.5. The lowest BCUT2D eigenvalue weighted by Crippen LogP contribution is -2.15. The summed E-state index contributed by atoms with van der Waals surface area (Å²) in [5.41, 5.74) is 5.66. The molecule has 28 heavy (non-hydrogen) atoms. The maximum atomic E-state index is 12.0. The van der Waals surface area contributed by atoms with E-state index in [1.54, 1.807) is 0 Å². The van der Waals surface area contributed by atoms with Crippen LogP contribution in [0.1, 0.15) is 33.8 Å². The lowest BCUT2D eigenvalue weighted by atomic mass is 9.94. The second-order valence-corrected chi connectivity index (χ2v) is 6.66. The molecule has 5 nitrogen and oxygen atoms in total. The maximum absolute atomic E-state index is 12.0. The number of hydrogen-bond acceptors (Lipinski definition) is 3. The third-order valence-corrected chi connectivity index (χ3v) is 4.98. The van der Waals surface area contributed by atoms with Gasteiger partial charge in [-0.3, -0.25) is 5.32 Å². The largest absolute Gasteiger partial charge is 0.478 e. The minimum Gasteiger partial charge on any atom is -0.478 e. The summed E-state index contributed by atoms with van der Waals surface area (Å²) in [5.74, 6) is -0.804. The number of benzene rings is 3. The van der Waals surface area contributed by atoms with Gasteiger partial charge < -0.3 is 9.84 Å². The minimum atomic E-state index is -1.01. The number of amides is 1. The smallest absolute Gasteiger partial charge is 0.411 e. The Bertz CT molecular complexity index is 981. The summed E-state index contributed by atoms with van der Waals surface area (Å²) in [6.07, 6.45) is 0.141. The van der Waals surface area contributed by atoms with Crippen molar-refractivity contribution in [1.82, 2.24) is 0 Å². The first-order valence-electron chi connectivity index (χ1n) is 9.09. The van der Waals surface area contributed by atoms with Crippen molar-refractivity contribution in [2.45, 2.75) is 12.3 Å². The van der Waals surface area contributed by atoms with E-state index in [-0.39, 0.29) is 18.1 Å². The zero-order valence-corrected chi connectivity index (χ0v) is 15.1. The maximum Gasteiger partial charge on any atom is 0.411 e. The van der Waals surface area contributed by atoms with Crippen LogP contribution in [0, 0.1) is 0 Å². The Morgan fingerprint density at radius 3 is 2.00 bits per heavy atom. The van der Waals surface area contributed by atoms with Crippen molar-refractivity contribution >= 4 is 17.7 Å². The molecule has 5 heteroatoms. The Kier molecular flexibility index (Phi) is 4.81. The number of hydrogen-bond donors (Lipinski definition) is 2. The first-order valence-corrected chi connectivity index (χ1v) is 9.09. The number of carbonyl (C=O) groups is 2. The summed E-state index contributed by atoms with van der Waals surface area (Å²) in [6.45, 7) is 0.284. The summed E-state index contributed by atoms with van der Waals surface area (Å²) >= 11 is 0. The number of ether oxygens (including phenoxy) is 1. The van der Waals surface area contributed by atoms with Gasteiger partial charge in [0.2, 0.25) is 0 Å². The van der Waals surface area contributed by atoms with Gasteiger partial charge in [0, 0.05) is 11.6 Å². The van der Waals surface area contributed by atoms with Crippen molar-refractivity contribution in [1.29, 1.82) is 0 Å². The normalized spacial score (nSPS) is 12.1. The van der Waals surface area contributed by atoms with Crippen molar-refractivity contribution in [2.75, 3.05) is 11.9 Å². The van der Waals surface area contributed by atoms with E-state index in [4.69, 9.17) is 9.84 Å². The summed E-state index contributed by atoms with van der Waals surface area (Å²) in [4.78, 5) is 22.9. The molecule has 0 fully saturated rings. The van der Waals surface area contributed by atoms with E-state index in [2.05, 4.69) is 29.6 Å². The van der Waals surface area contributed by atoms with Gasteiger partial charge in [-0.05, 0) is 52.9 Å². The van der Waals surface area contributed by atoms with E-state index in [1.165, 1.54) is 46.5 Å². The van der Waals surface area contributed by atoms with Crippen molar-refractivity contribution in [2.24, 2.45) is 0 Å². The number of carbonyl (C=O) groups excluding carboxylic acids is 1. The molecule has 4 rings (SSSR count). The van der Waals surface area contributed by atoms with E-state index >= 15 is 0 Å². The average molecular weight is 373 g/mol. The third kappa shape index (κ3) is 3.47. The molecule has 3 aromatic rings. The second-order valence-electron chi connectivity index (χ2n) is 6.66. The van der Waals surface area contributed by atoms with Crippen molar-refractivity contribution in [3.05, 3.63) is 89.5 Å². The lowest BCUT2D eigenvalue weighted by Gasteiger charge is -2.14. The molecule has 0 atom stereocenters. The van der Waals surface area contributed by atoms with Crippen molar-refractivity contribution in [3.8, 4) is 11.1 Å². The van der Waals surface area contributed by atoms with E-state index in [0.717, 1.165) is 0 Å². The van der Waals surface area contributed by atoms with E-state index in [0.29, 0.717) is 12.1 Å². The molecule has 1 aliphatic rings. The van der Waals surface area contributed by atoms with Crippen LogP contribution in [0.3, 0.4) is 0 Å². The summed E-state index contributed by atoms with van der Waals surface area (Å²) in [5, 5.41) is 11.5. The monoisotopic (exact) mass is 373 g/mol. The Morgan fingerprint density at radius 1 is 0.857 bits per heavy atom. The number of aromatic carboxylic acids is 1. The SMILES string of the molecule is O=C(Nc1ccc(C(=O)O)cc1)OCCC1c2ccccc2-c2ccccc21. The molecule has 0 radical (unpaired) electrons. The van der Waals surface area contributed by atoms with E-state index < -0.39 is 12.1 Å². The molecule has 0 spiro atoms. The molecule has 0 aromatic heterocycles. The number of anilines is 1. The molecular weight excluding hydrogens is 354 g/mol. The number of nitrogens with one attached hydrogen (secondary N) is 1. The quantitative estimate of drug-likeness (QED) is 0.650. The van der Waals surface area contributed by atoms with Crippen LogP contribution in [0.25, 0.3) is 11.1 Å². The Labute approximate surface area is 162 Å². The molecular formula is C23H19NO4. The first-order chi connectivity index (χ1) is 13.6. The average Bonchev–Trinajstić information content (AvgIpc) is 3.03. The number of carboxylic acid groups (broad SMARTS) is 1. The molecule has 1 aliphatic carbocycles. The number of fused-ring (bicyclic) bond motifs is 3. The fourth-order valence-corrected chi connectivity index (χ4v) is 3.69. The summed E-state index contributed by atoms with van der Waals surface area (Å²) < 4.78 is 5.35. The Morgan fingerprint density at radius 2 is 1.43 bits per heavy atom. The summed E-state index contributed by atoms with van der Waals surface area (Å²) in [7, 11) is 0. The van der Waals surface area contributed by atoms with Crippen LogP contribution in [0.2, 0.25) is 0 Å². The van der Waals surface area contributed by atoms with Gasteiger partial charge in [0.1, 0.15) is 0 Å². The van der Waals surface area contributed by atoms with Crippen LogP contribution >= 0.6 is 0 Å². The molecule has 0 heterocycles. The molecule has 0 saturated carbocycles. The topological polar surface area (TPSA) is 75.6 Å². The van der Waals surface area contributed by atoms with Gasteiger partial charge >= 0.3 is 12.1 Å². The molecule has 1 amide bonds. The molecule has 140 valence electrons. The predicted molar refractivity (Wildman–Crippen MR) is 107 cm³/mol. The highest BCUT2D eigenvalue weighted by Crippen LogP contribution is 2.45. The number of rotatable bonds is 5. The Balaban J connectivity index is 1.37. The second kappa shape index (κ2) is 7.56. The molecule has 2 N–H and O–H groups in total. The number of carboxylic acids is 1. The lowest BCUT2D eigenvalue weighted by molar-refractivity contribution is 0.0697. The standard InChI is InChI=1S/C23H19NO4/c25-22(26)15-9-11-16(12-10-15)24-23(27)28-14-13-21-19-7-3-1-5-17(19)18-6-2-4-8-20(18)21/h1-12,21H,13-14H2,(H,24,27)(H,25,26). The van der Waals surface area contributed by atoms with Gasteiger partial charge in [0.05, 0.1) is 12.2 Å². The van der Waals surface area contributed by atoms with Crippen LogP contribution in [-0.4, -0.2) is 23.8 Å². The van der Waals surface area contributed by atoms with E-state index in [1.807, 2.05) is 24.3 Å². The van der Waals surface area contributed by atoms with Crippen molar-refractivity contribution < 1.29 is 19.4 Å². The van der Waals surface area contributed by atoms with Gasteiger partial charge in [-0.15, -0.1) is 0 Å². The first kappa shape index (κ1) is 17.8. The van der Waals surface area contributed by atoms with Crippen LogP contribution in [0.5, 0.6) is 0 Å². The van der Waals surface area contributed by atoms with E-state index in [9.17, 15) is 9.59 Å². The highest BCUT2D eigenvalue weighted by molar-refractivity contribution is 5.89. The molecule has 0 saturated heterocycles. The van der Waals surface area contributed by atoms with Crippen LogP contribution in [0.15, 0.2) is 72.8 Å². The van der Waals surface area contributed by atoms with Gasteiger partial charge in [-0.1, -0.05) is 48.5 Å². The van der Waals surface area contributed by atoms with Gasteiger partial charge in [-0.25, -0.2) is 9.59 Å². The zero-order valence-electron chi connectivity index (χ0n) is 15.1. The molecule has 0 bridgehead atoms.